The van der Waals surface area contributed by atoms with Gasteiger partial charge in [0.2, 0.25) is 0 Å². The Bertz CT molecular complexity index is 3330. The zero-order valence-electron chi connectivity index (χ0n) is 28.8. The smallest absolute Gasteiger partial charge is 0.0547 e. The number of nitrogens with zero attached hydrogens (tertiary/aromatic N) is 1. The van der Waals surface area contributed by atoms with Crippen LogP contribution in [0.2, 0.25) is 0 Å². The number of para-hydroxylation sites is 1. The Morgan fingerprint density at radius 2 is 0.792 bits per heavy atom. The highest BCUT2D eigenvalue weighted by Gasteiger charge is 2.22. The van der Waals surface area contributed by atoms with Crippen molar-refractivity contribution in [2.45, 2.75) is 0 Å². The lowest BCUT2D eigenvalue weighted by molar-refractivity contribution is 1.18. The van der Waals surface area contributed by atoms with Crippen LogP contribution in [-0.2, 0) is 0 Å². The Kier molecular flexibility index (Phi) is 5.84. The summed E-state index contributed by atoms with van der Waals surface area (Å²) in [4.78, 5) is 0. The van der Waals surface area contributed by atoms with Gasteiger partial charge in [-0.3, -0.25) is 0 Å². The fourth-order valence-electron chi connectivity index (χ4n) is 9.23. The molecule has 1 aromatic heterocycles. The van der Waals surface area contributed by atoms with Crippen LogP contribution in [-0.4, -0.2) is 4.57 Å². The van der Waals surface area contributed by atoms with Crippen LogP contribution in [0.5, 0.6) is 0 Å². The molecule has 0 saturated heterocycles. The zero-order valence-corrected chi connectivity index (χ0v) is 28.8. The first-order valence-corrected chi connectivity index (χ1v) is 18.4. The van der Waals surface area contributed by atoms with Gasteiger partial charge >= 0.3 is 0 Å². The van der Waals surface area contributed by atoms with E-state index in [1.807, 2.05) is 0 Å². The average molecular weight is 670 g/mol. The van der Waals surface area contributed by atoms with Crippen molar-refractivity contribution in [1.29, 1.82) is 0 Å². The normalized spacial score (nSPS) is 12.2. The summed E-state index contributed by atoms with van der Waals surface area (Å²) in [6.45, 7) is 0. The fraction of sp³-hybridized carbons (Fsp3) is 0. The summed E-state index contributed by atoms with van der Waals surface area (Å²) in [6.07, 6.45) is 0. The number of hydrogen-bond acceptors (Lipinski definition) is 0. The van der Waals surface area contributed by atoms with Crippen LogP contribution in [0.15, 0.2) is 188 Å². The monoisotopic (exact) mass is 669 g/mol. The number of fused-ring (bicyclic) bond motifs is 11. The topological polar surface area (TPSA) is 4.93 Å². The molecule has 12 rings (SSSR count). The van der Waals surface area contributed by atoms with Gasteiger partial charge in [-0.2, -0.15) is 0 Å². The summed E-state index contributed by atoms with van der Waals surface area (Å²) < 4.78 is 2.42. The predicted octanol–water partition coefficient (Wildman–Crippen LogP) is 14.4. The molecule has 0 radical (unpaired) electrons. The molecule has 1 heterocycles. The van der Waals surface area contributed by atoms with E-state index in [0.717, 1.165) is 0 Å². The van der Waals surface area contributed by atoms with Crippen molar-refractivity contribution >= 4 is 64.9 Å². The zero-order chi connectivity index (χ0) is 34.6. The first-order valence-electron chi connectivity index (χ1n) is 18.4. The lowest BCUT2D eigenvalue weighted by atomic mass is 9.93. The van der Waals surface area contributed by atoms with E-state index in [9.17, 15) is 0 Å². The minimum absolute atomic E-state index is 1.18. The molecular formula is C52H31N. The number of hydrogen-bond donors (Lipinski definition) is 0. The number of rotatable bonds is 3. The van der Waals surface area contributed by atoms with Crippen molar-refractivity contribution in [3.8, 4) is 50.2 Å². The third-order valence-corrected chi connectivity index (χ3v) is 11.6. The van der Waals surface area contributed by atoms with Gasteiger partial charge in [0.15, 0.2) is 0 Å². The van der Waals surface area contributed by atoms with Gasteiger partial charge in [-0.25, -0.2) is 0 Å². The van der Waals surface area contributed by atoms with Crippen LogP contribution in [0.25, 0.3) is 115 Å². The van der Waals surface area contributed by atoms with Crippen LogP contribution >= 0.6 is 0 Å². The van der Waals surface area contributed by atoms with Crippen LogP contribution in [0.1, 0.15) is 0 Å². The second kappa shape index (κ2) is 10.8. The van der Waals surface area contributed by atoms with E-state index in [0.29, 0.717) is 0 Å². The second-order valence-corrected chi connectivity index (χ2v) is 14.5. The van der Waals surface area contributed by atoms with Crippen LogP contribution < -0.4 is 0 Å². The minimum atomic E-state index is 1.18. The molecule has 0 bridgehead atoms. The third kappa shape index (κ3) is 4.14. The first-order chi connectivity index (χ1) is 26.3. The predicted molar refractivity (Wildman–Crippen MR) is 226 cm³/mol. The maximum atomic E-state index is 2.42. The summed E-state index contributed by atoms with van der Waals surface area (Å²) in [7, 11) is 0. The number of aromatic nitrogens is 1. The molecule has 0 saturated carbocycles. The molecule has 1 nitrogen and oxygen atoms in total. The summed E-state index contributed by atoms with van der Waals surface area (Å²) in [5.41, 5.74) is 14.0. The van der Waals surface area contributed by atoms with Crippen molar-refractivity contribution in [2.75, 3.05) is 0 Å². The van der Waals surface area contributed by atoms with E-state index in [2.05, 4.69) is 193 Å². The minimum Gasteiger partial charge on any atom is -0.309 e. The molecule has 0 amide bonds. The summed E-state index contributed by atoms with van der Waals surface area (Å²) in [5, 5.41) is 12.9. The maximum Gasteiger partial charge on any atom is 0.0547 e. The Balaban J connectivity index is 0.978. The van der Waals surface area contributed by atoms with Crippen molar-refractivity contribution < 1.29 is 0 Å². The van der Waals surface area contributed by atoms with Crippen molar-refractivity contribution in [3.63, 3.8) is 0 Å². The van der Waals surface area contributed by atoms with E-state index >= 15 is 0 Å². The molecule has 0 fully saturated rings. The standard InChI is InChI=1S/C52H31N/c1-2-11-41(12-3-1)53-48-25-22-32-9-4-5-13-42(32)51(48)52-43-24-21-36(29-38(43)23-26-49(52)53)34-17-18-35-28-37(20-19-33(35)27-34)40-30-39-10-8-16-46-44-14-6-7-15-45(44)47(31-40)50(39)46/h1-31H. The highest BCUT2D eigenvalue weighted by atomic mass is 15.0. The van der Waals surface area contributed by atoms with Crippen LogP contribution in [0, 0.1) is 0 Å². The molecule has 0 spiro atoms. The Morgan fingerprint density at radius 1 is 0.264 bits per heavy atom. The van der Waals surface area contributed by atoms with Gasteiger partial charge in [0.25, 0.3) is 0 Å². The van der Waals surface area contributed by atoms with Gasteiger partial charge < -0.3 is 4.57 Å². The van der Waals surface area contributed by atoms with Crippen LogP contribution in [0.3, 0.4) is 0 Å². The van der Waals surface area contributed by atoms with Gasteiger partial charge in [-0.05, 0) is 142 Å². The van der Waals surface area contributed by atoms with E-state index in [1.54, 1.807) is 0 Å². The van der Waals surface area contributed by atoms with Gasteiger partial charge in [0.05, 0.1) is 11.0 Å². The van der Waals surface area contributed by atoms with E-state index in [4.69, 9.17) is 0 Å². The quantitative estimate of drug-likeness (QED) is 0.176. The molecule has 1 heteroatoms. The third-order valence-electron chi connectivity index (χ3n) is 11.6. The summed E-state index contributed by atoms with van der Waals surface area (Å²) >= 11 is 0. The molecule has 0 atom stereocenters. The molecular weight excluding hydrogens is 639 g/mol. The SMILES string of the molecule is c1ccc(-n2c3ccc4ccccc4c3c3c4ccc(-c5ccc6cc(-c7cc8c9c(cccc9c7)-c7ccccc7-8)ccc6c5)cc4ccc32)cc1. The lowest BCUT2D eigenvalue weighted by Crippen LogP contribution is -1.93. The molecule has 11 aromatic rings. The van der Waals surface area contributed by atoms with Crippen molar-refractivity contribution in [1.82, 2.24) is 4.57 Å². The van der Waals surface area contributed by atoms with E-state index in [1.165, 1.54) is 115 Å². The molecule has 10 aromatic carbocycles. The van der Waals surface area contributed by atoms with Crippen molar-refractivity contribution in [3.05, 3.63) is 188 Å². The number of benzene rings is 10. The largest absolute Gasteiger partial charge is 0.309 e. The summed E-state index contributed by atoms with van der Waals surface area (Å²) in [5.74, 6) is 0. The van der Waals surface area contributed by atoms with Crippen molar-refractivity contribution in [2.24, 2.45) is 0 Å². The average Bonchev–Trinajstić information content (AvgIpc) is 3.75. The Morgan fingerprint density at radius 3 is 1.57 bits per heavy atom. The summed E-state index contributed by atoms with van der Waals surface area (Å²) in [6, 6.07) is 69.8. The van der Waals surface area contributed by atoms with E-state index < -0.39 is 0 Å². The van der Waals surface area contributed by atoms with Gasteiger partial charge in [-0.1, -0.05) is 133 Å². The molecule has 0 aliphatic heterocycles. The Labute approximate surface area is 306 Å². The van der Waals surface area contributed by atoms with E-state index in [-0.39, 0.29) is 0 Å². The lowest BCUT2D eigenvalue weighted by Gasteiger charge is -2.11. The molecule has 1 aliphatic carbocycles. The van der Waals surface area contributed by atoms with Gasteiger partial charge in [0.1, 0.15) is 0 Å². The van der Waals surface area contributed by atoms with Crippen LogP contribution in [0.4, 0.5) is 0 Å². The molecule has 244 valence electrons. The molecule has 1 aliphatic rings. The molecule has 53 heavy (non-hydrogen) atoms. The maximum absolute atomic E-state index is 2.42. The molecule has 0 unspecified atom stereocenters. The molecule has 0 N–H and O–H groups in total. The Hall–Kier alpha value is -6.96. The van der Waals surface area contributed by atoms with Gasteiger partial charge in [-0.15, -0.1) is 0 Å². The fourth-order valence-corrected chi connectivity index (χ4v) is 9.23. The van der Waals surface area contributed by atoms with Gasteiger partial charge in [0, 0.05) is 16.5 Å². The highest BCUT2D eigenvalue weighted by molar-refractivity contribution is 6.28. The second-order valence-electron chi connectivity index (χ2n) is 14.5. The highest BCUT2D eigenvalue weighted by Crippen LogP contribution is 2.49. The first kappa shape index (κ1) is 28.7.